The van der Waals surface area contributed by atoms with Gasteiger partial charge in [-0.3, -0.25) is 0 Å². The molecule has 0 saturated heterocycles. The number of benzene rings is 1. The summed E-state index contributed by atoms with van der Waals surface area (Å²) in [6.45, 7) is 2.78. The second-order valence-electron chi connectivity index (χ2n) is 3.65. The fraction of sp³-hybridized carbons (Fsp3) is 0.385. The maximum absolute atomic E-state index is 3.27. The Labute approximate surface area is 117 Å². The van der Waals surface area contributed by atoms with Gasteiger partial charge in [0.1, 0.15) is 0 Å². The minimum absolute atomic E-state index is 0. The highest BCUT2D eigenvalue weighted by molar-refractivity contribution is 5.33. The number of hydrogen-bond acceptors (Lipinski definition) is 2. The maximum Gasteiger partial charge on any atom is 0.0580 e. The molecule has 0 fully saturated rings. The number of hydrogen-bond donors (Lipinski definition) is 1. The molecule has 96 valence electrons. The first-order chi connectivity index (χ1) is 7.29. The molecule has 0 radical (unpaired) electrons. The lowest BCUT2D eigenvalue weighted by atomic mass is 10.2. The van der Waals surface area contributed by atoms with E-state index >= 15 is 0 Å². The number of halogens is 2. The lowest BCUT2D eigenvalue weighted by Gasteiger charge is -2.08. The SMILES string of the molecule is CN(C)CCNCC#Cc1ccccc1.[Cl-].[Cl-]. The molecular weight excluding hydrogens is 255 g/mol. The molecule has 0 aromatic heterocycles. The van der Waals surface area contributed by atoms with Crippen molar-refractivity contribution in [1.29, 1.82) is 0 Å². The second-order valence-corrected chi connectivity index (χ2v) is 3.65. The minimum Gasteiger partial charge on any atom is -1.00 e. The lowest BCUT2D eigenvalue weighted by Crippen LogP contribution is -3.00. The van der Waals surface area contributed by atoms with Crippen LogP contribution in [0.15, 0.2) is 30.3 Å². The number of likely N-dealkylation sites (N-methyl/N-ethyl adjacent to an activating group) is 1. The van der Waals surface area contributed by atoms with Crippen molar-refractivity contribution >= 4 is 0 Å². The quantitative estimate of drug-likeness (QED) is 0.437. The van der Waals surface area contributed by atoms with Crippen LogP contribution in [-0.4, -0.2) is 38.6 Å². The summed E-state index contributed by atoms with van der Waals surface area (Å²) in [6.07, 6.45) is 0. The highest BCUT2D eigenvalue weighted by Crippen LogP contribution is 1.93. The van der Waals surface area contributed by atoms with E-state index in [1.54, 1.807) is 0 Å². The van der Waals surface area contributed by atoms with Crippen LogP contribution in [-0.2, 0) is 0 Å². The van der Waals surface area contributed by atoms with Crippen LogP contribution < -0.4 is 30.1 Å². The third-order valence-corrected chi connectivity index (χ3v) is 1.96. The monoisotopic (exact) mass is 272 g/mol. The Morgan fingerprint density at radius 3 is 2.35 bits per heavy atom. The van der Waals surface area contributed by atoms with Crippen LogP contribution in [0.4, 0.5) is 0 Å². The topological polar surface area (TPSA) is 15.3 Å². The van der Waals surface area contributed by atoms with E-state index in [9.17, 15) is 0 Å². The fourth-order valence-electron chi connectivity index (χ4n) is 1.12. The summed E-state index contributed by atoms with van der Waals surface area (Å²) in [5.41, 5.74) is 1.08. The molecule has 0 heterocycles. The summed E-state index contributed by atoms with van der Waals surface area (Å²) < 4.78 is 0. The van der Waals surface area contributed by atoms with Gasteiger partial charge in [0.05, 0.1) is 6.54 Å². The second kappa shape index (κ2) is 11.8. The molecule has 0 aliphatic rings. The van der Waals surface area contributed by atoms with Gasteiger partial charge in [-0.25, -0.2) is 0 Å². The fourth-order valence-corrected chi connectivity index (χ4v) is 1.12. The molecule has 2 nitrogen and oxygen atoms in total. The molecule has 0 atom stereocenters. The largest absolute Gasteiger partial charge is 1.00 e. The van der Waals surface area contributed by atoms with Crippen molar-refractivity contribution in [1.82, 2.24) is 10.2 Å². The van der Waals surface area contributed by atoms with Crippen LogP contribution in [0, 0.1) is 11.8 Å². The van der Waals surface area contributed by atoms with Gasteiger partial charge >= 0.3 is 0 Å². The Morgan fingerprint density at radius 2 is 1.76 bits per heavy atom. The average molecular weight is 273 g/mol. The van der Waals surface area contributed by atoms with Crippen LogP contribution in [0.3, 0.4) is 0 Å². The first kappa shape index (κ1) is 18.6. The first-order valence-electron chi connectivity index (χ1n) is 5.18. The molecule has 1 rings (SSSR count). The number of nitrogens with one attached hydrogen (secondary N) is 1. The molecule has 0 bridgehead atoms. The molecule has 0 amide bonds. The van der Waals surface area contributed by atoms with Gasteiger partial charge in [0.15, 0.2) is 0 Å². The van der Waals surface area contributed by atoms with E-state index in [-0.39, 0.29) is 24.8 Å². The zero-order chi connectivity index (χ0) is 10.9. The Kier molecular flexibility index (Phi) is 12.9. The number of nitrogens with zero attached hydrogens (tertiary/aromatic N) is 1. The third kappa shape index (κ3) is 10.2. The van der Waals surface area contributed by atoms with Gasteiger partial charge < -0.3 is 35.0 Å². The molecular formula is C13H18Cl2N2-2. The Morgan fingerprint density at radius 1 is 1.12 bits per heavy atom. The Bertz CT molecular complexity index is 328. The highest BCUT2D eigenvalue weighted by atomic mass is 35.5. The van der Waals surface area contributed by atoms with Crippen molar-refractivity contribution < 1.29 is 24.8 Å². The summed E-state index contributed by atoms with van der Waals surface area (Å²) >= 11 is 0. The van der Waals surface area contributed by atoms with Gasteiger partial charge in [0.25, 0.3) is 0 Å². The first-order valence-corrected chi connectivity index (χ1v) is 5.18. The normalized spacial score (nSPS) is 8.65. The van der Waals surface area contributed by atoms with Crippen molar-refractivity contribution in [2.45, 2.75) is 0 Å². The van der Waals surface area contributed by atoms with Crippen LogP contribution in [0.1, 0.15) is 5.56 Å². The molecule has 0 unspecified atom stereocenters. The molecule has 1 N–H and O–H groups in total. The van der Waals surface area contributed by atoms with Gasteiger partial charge in [0, 0.05) is 18.7 Å². The van der Waals surface area contributed by atoms with Crippen LogP contribution in [0.5, 0.6) is 0 Å². The predicted molar refractivity (Wildman–Crippen MR) is 64.7 cm³/mol. The van der Waals surface area contributed by atoms with Gasteiger partial charge in [-0.1, -0.05) is 30.0 Å². The predicted octanol–water partition coefficient (Wildman–Crippen LogP) is -4.80. The van der Waals surface area contributed by atoms with E-state index in [2.05, 4.69) is 36.2 Å². The van der Waals surface area contributed by atoms with Crippen molar-refractivity contribution in [2.24, 2.45) is 0 Å². The van der Waals surface area contributed by atoms with Crippen molar-refractivity contribution in [3.8, 4) is 11.8 Å². The average Bonchev–Trinajstić information content (AvgIpc) is 2.24. The molecule has 0 aliphatic carbocycles. The summed E-state index contributed by atoms with van der Waals surface area (Å²) in [5, 5.41) is 3.27. The minimum atomic E-state index is 0. The smallest absolute Gasteiger partial charge is 0.0580 e. The zero-order valence-corrected chi connectivity index (χ0v) is 11.7. The lowest BCUT2D eigenvalue weighted by molar-refractivity contribution is -0.00100. The maximum atomic E-state index is 3.27. The molecule has 1 aromatic carbocycles. The summed E-state index contributed by atoms with van der Waals surface area (Å²) in [6, 6.07) is 10.0. The number of rotatable bonds is 4. The molecule has 4 heteroatoms. The van der Waals surface area contributed by atoms with Crippen molar-refractivity contribution in [3.63, 3.8) is 0 Å². The Balaban J connectivity index is 0. The van der Waals surface area contributed by atoms with Gasteiger partial charge in [0.2, 0.25) is 0 Å². The standard InChI is InChI=1S/C13H18N2.2ClH/c1-15(2)12-11-14-10-6-9-13-7-4-3-5-8-13;;/h3-5,7-8,14H,10-12H2,1-2H3;2*1H/p-2. The van der Waals surface area contributed by atoms with E-state index in [0.29, 0.717) is 0 Å². The van der Waals surface area contributed by atoms with E-state index in [4.69, 9.17) is 0 Å². The molecule has 0 aliphatic heterocycles. The Hall–Kier alpha value is -0.720. The van der Waals surface area contributed by atoms with Crippen LogP contribution >= 0.6 is 0 Å². The third-order valence-electron chi connectivity index (χ3n) is 1.96. The van der Waals surface area contributed by atoms with Gasteiger partial charge in [-0.2, -0.15) is 0 Å². The van der Waals surface area contributed by atoms with E-state index in [0.717, 1.165) is 25.2 Å². The van der Waals surface area contributed by atoms with Crippen LogP contribution in [0.2, 0.25) is 0 Å². The summed E-state index contributed by atoms with van der Waals surface area (Å²) in [5.74, 6) is 6.20. The van der Waals surface area contributed by atoms with E-state index in [1.807, 2.05) is 30.3 Å². The van der Waals surface area contributed by atoms with Crippen LogP contribution in [0.25, 0.3) is 0 Å². The van der Waals surface area contributed by atoms with E-state index < -0.39 is 0 Å². The highest BCUT2D eigenvalue weighted by Gasteiger charge is 1.87. The summed E-state index contributed by atoms with van der Waals surface area (Å²) in [7, 11) is 4.13. The molecule has 17 heavy (non-hydrogen) atoms. The molecule has 0 spiro atoms. The van der Waals surface area contributed by atoms with Gasteiger partial charge in [-0.15, -0.1) is 0 Å². The van der Waals surface area contributed by atoms with E-state index in [1.165, 1.54) is 0 Å². The summed E-state index contributed by atoms with van der Waals surface area (Å²) in [4.78, 5) is 2.15. The van der Waals surface area contributed by atoms with Gasteiger partial charge in [-0.05, 0) is 26.2 Å². The van der Waals surface area contributed by atoms with Crippen molar-refractivity contribution in [3.05, 3.63) is 35.9 Å². The van der Waals surface area contributed by atoms with Crippen molar-refractivity contribution in [2.75, 3.05) is 33.7 Å². The molecule has 1 aromatic rings. The zero-order valence-electron chi connectivity index (χ0n) is 10.2. The molecule has 0 saturated carbocycles.